The molecule has 2 aromatic carbocycles. The van der Waals surface area contributed by atoms with Crippen molar-refractivity contribution in [1.82, 2.24) is 15.3 Å². The normalized spacial score (nSPS) is 11.7. The van der Waals surface area contributed by atoms with Crippen LogP contribution in [0, 0.1) is 0 Å². The smallest absolute Gasteiger partial charge is 0.326 e. The highest BCUT2D eigenvalue weighted by Crippen LogP contribution is 2.20. The van der Waals surface area contributed by atoms with Crippen LogP contribution < -0.4 is 21.5 Å². The fourth-order valence-corrected chi connectivity index (χ4v) is 3.68. The molecule has 0 fully saturated rings. The lowest BCUT2D eigenvalue weighted by molar-refractivity contribution is -0.140. The minimum Gasteiger partial charge on any atom is -0.481 e. The zero-order valence-electron chi connectivity index (χ0n) is 19.2. The molecule has 0 saturated heterocycles. The van der Waals surface area contributed by atoms with Gasteiger partial charge in [-0.15, -0.1) is 0 Å². The summed E-state index contributed by atoms with van der Waals surface area (Å²) in [4.78, 5) is 55.5. The van der Waals surface area contributed by atoms with Crippen molar-refractivity contribution < 1.29 is 24.6 Å². The molecule has 0 aliphatic carbocycles. The van der Waals surface area contributed by atoms with Gasteiger partial charge in [0.25, 0.3) is 11.5 Å². The van der Waals surface area contributed by atoms with Gasteiger partial charge in [-0.3, -0.25) is 19.4 Å². The van der Waals surface area contributed by atoms with Crippen molar-refractivity contribution in [2.75, 3.05) is 17.2 Å². The molecule has 0 aliphatic heterocycles. The van der Waals surface area contributed by atoms with E-state index in [0.717, 1.165) is 24.2 Å². The maximum atomic E-state index is 12.5. The van der Waals surface area contributed by atoms with Gasteiger partial charge in [-0.25, -0.2) is 9.78 Å². The highest BCUT2D eigenvalue weighted by atomic mass is 16.4. The van der Waals surface area contributed by atoms with Gasteiger partial charge in [-0.05, 0) is 54.8 Å². The van der Waals surface area contributed by atoms with Crippen molar-refractivity contribution in [3.8, 4) is 0 Å². The Balaban J connectivity index is 1.75. The van der Waals surface area contributed by atoms with Crippen molar-refractivity contribution in [2.45, 2.75) is 38.8 Å². The minimum absolute atomic E-state index is 0.0588. The first kappa shape index (κ1) is 25.2. The summed E-state index contributed by atoms with van der Waals surface area (Å²) in [7, 11) is 0. The Kier molecular flexibility index (Phi) is 8.03. The number of carbonyl (C=O) groups is 3. The number of nitrogen functional groups attached to an aromatic ring is 1. The van der Waals surface area contributed by atoms with Gasteiger partial charge in [-0.1, -0.05) is 13.0 Å². The summed E-state index contributed by atoms with van der Waals surface area (Å²) in [6, 6.07) is 10.8. The Labute approximate surface area is 200 Å². The summed E-state index contributed by atoms with van der Waals surface area (Å²) in [6.45, 7) is 3.27. The van der Waals surface area contributed by atoms with Crippen LogP contribution >= 0.6 is 0 Å². The van der Waals surface area contributed by atoms with E-state index in [2.05, 4.69) is 20.2 Å². The van der Waals surface area contributed by atoms with Crippen LogP contribution in [0.5, 0.6) is 0 Å². The molecular formula is C24H27N5O6. The SMILES string of the molecule is CCCN(Cc1ccc2nc(N)[nH]c(=O)c2c1)c1ccc(C(=O)NC(CCC(=O)O)C(=O)O)cc1. The van der Waals surface area contributed by atoms with Gasteiger partial charge in [0.05, 0.1) is 10.9 Å². The molecule has 1 atom stereocenters. The fraction of sp³-hybridized carbons (Fsp3) is 0.292. The van der Waals surface area contributed by atoms with Crippen molar-refractivity contribution in [2.24, 2.45) is 0 Å². The second-order valence-electron chi connectivity index (χ2n) is 8.07. The number of nitrogens with zero attached hydrogens (tertiary/aromatic N) is 2. The van der Waals surface area contributed by atoms with Crippen LogP contribution in [-0.2, 0) is 16.1 Å². The summed E-state index contributed by atoms with van der Waals surface area (Å²) in [5.74, 6) is -2.97. The van der Waals surface area contributed by atoms with Crippen LogP contribution in [0.25, 0.3) is 10.9 Å². The maximum absolute atomic E-state index is 12.5. The zero-order valence-corrected chi connectivity index (χ0v) is 19.2. The molecule has 35 heavy (non-hydrogen) atoms. The third kappa shape index (κ3) is 6.56. The number of anilines is 2. The predicted octanol–water partition coefficient (Wildman–Crippen LogP) is 1.97. The van der Waals surface area contributed by atoms with E-state index >= 15 is 0 Å². The van der Waals surface area contributed by atoms with E-state index in [1.165, 1.54) is 0 Å². The number of benzene rings is 2. The number of aromatic nitrogens is 2. The number of aromatic amines is 1. The van der Waals surface area contributed by atoms with E-state index in [9.17, 15) is 24.3 Å². The molecule has 1 aromatic heterocycles. The van der Waals surface area contributed by atoms with Crippen LogP contribution in [0.1, 0.15) is 42.1 Å². The molecule has 184 valence electrons. The Hall–Kier alpha value is -4.41. The largest absolute Gasteiger partial charge is 0.481 e. The quantitative estimate of drug-likeness (QED) is 0.274. The van der Waals surface area contributed by atoms with Gasteiger partial charge < -0.3 is 26.2 Å². The van der Waals surface area contributed by atoms with E-state index in [4.69, 9.17) is 10.8 Å². The van der Waals surface area contributed by atoms with Crippen LogP contribution in [-0.4, -0.2) is 50.6 Å². The average molecular weight is 482 g/mol. The average Bonchev–Trinajstić information content (AvgIpc) is 2.81. The van der Waals surface area contributed by atoms with Crippen molar-refractivity contribution in [3.05, 3.63) is 63.9 Å². The van der Waals surface area contributed by atoms with E-state index in [0.29, 0.717) is 17.4 Å². The molecule has 3 aromatic rings. The second kappa shape index (κ2) is 11.1. The van der Waals surface area contributed by atoms with Gasteiger partial charge in [0.2, 0.25) is 5.95 Å². The van der Waals surface area contributed by atoms with Crippen molar-refractivity contribution >= 4 is 40.4 Å². The number of nitrogens with two attached hydrogens (primary N) is 1. The van der Waals surface area contributed by atoms with E-state index < -0.39 is 23.9 Å². The number of fused-ring (bicyclic) bond motifs is 1. The molecule has 6 N–H and O–H groups in total. The number of amides is 1. The Morgan fingerprint density at radius 1 is 1.14 bits per heavy atom. The Morgan fingerprint density at radius 3 is 2.49 bits per heavy atom. The summed E-state index contributed by atoms with van der Waals surface area (Å²) >= 11 is 0. The van der Waals surface area contributed by atoms with Gasteiger partial charge in [0.15, 0.2) is 0 Å². The molecular weight excluding hydrogens is 454 g/mol. The number of carbonyl (C=O) groups excluding carboxylic acids is 1. The number of hydrogen-bond acceptors (Lipinski definition) is 7. The van der Waals surface area contributed by atoms with Crippen LogP contribution in [0.15, 0.2) is 47.3 Å². The highest BCUT2D eigenvalue weighted by Gasteiger charge is 2.21. The molecule has 1 unspecified atom stereocenters. The second-order valence-corrected chi connectivity index (χ2v) is 8.07. The highest BCUT2D eigenvalue weighted by molar-refractivity contribution is 5.97. The number of carboxylic acids is 2. The molecule has 11 heteroatoms. The van der Waals surface area contributed by atoms with E-state index in [1.807, 2.05) is 13.0 Å². The van der Waals surface area contributed by atoms with Gasteiger partial charge in [0.1, 0.15) is 6.04 Å². The Bertz CT molecular complexity index is 1290. The first-order chi connectivity index (χ1) is 16.7. The topological polar surface area (TPSA) is 179 Å². The minimum atomic E-state index is -1.30. The molecule has 0 bridgehead atoms. The van der Waals surface area contributed by atoms with E-state index in [-0.39, 0.29) is 29.9 Å². The lowest BCUT2D eigenvalue weighted by atomic mass is 10.1. The van der Waals surface area contributed by atoms with Crippen LogP contribution in [0.4, 0.5) is 11.6 Å². The molecule has 1 amide bonds. The van der Waals surface area contributed by atoms with Gasteiger partial charge >= 0.3 is 11.9 Å². The van der Waals surface area contributed by atoms with Crippen molar-refractivity contribution in [1.29, 1.82) is 0 Å². The first-order valence-corrected chi connectivity index (χ1v) is 11.1. The molecule has 11 nitrogen and oxygen atoms in total. The van der Waals surface area contributed by atoms with Gasteiger partial charge in [0, 0.05) is 30.8 Å². The molecule has 0 spiro atoms. The fourth-order valence-electron chi connectivity index (χ4n) is 3.68. The predicted molar refractivity (Wildman–Crippen MR) is 130 cm³/mol. The lowest BCUT2D eigenvalue weighted by Gasteiger charge is -2.25. The summed E-state index contributed by atoms with van der Waals surface area (Å²) in [5.41, 5.74) is 7.80. The summed E-state index contributed by atoms with van der Waals surface area (Å²) < 4.78 is 0. The Morgan fingerprint density at radius 2 is 1.86 bits per heavy atom. The zero-order chi connectivity index (χ0) is 25.5. The molecule has 0 radical (unpaired) electrons. The monoisotopic (exact) mass is 481 g/mol. The number of nitrogens with one attached hydrogen (secondary N) is 2. The van der Waals surface area contributed by atoms with Gasteiger partial charge in [-0.2, -0.15) is 0 Å². The maximum Gasteiger partial charge on any atom is 0.326 e. The number of hydrogen-bond donors (Lipinski definition) is 5. The van der Waals surface area contributed by atoms with Crippen LogP contribution in [0.3, 0.4) is 0 Å². The molecule has 0 saturated carbocycles. The van der Waals surface area contributed by atoms with E-state index in [1.54, 1.807) is 36.4 Å². The number of carboxylic acid groups (broad SMARTS) is 2. The third-order valence-corrected chi connectivity index (χ3v) is 5.40. The number of aliphatic carboxylic acids is 2. The van der Waals surface area contributed by atoms with Crippen molar-refractivity contribution in [3.63, 3.8) is 0 Å². The standard InChI is InChI=1S/C24H27N5O6/c1-2-11-29(13-14-3-8-18-17(12-14)22(33)28-24(25)27-18)16-6-4-15(5-7-16)21(32)26-19(23(34)35)9-10-20(30)31/h3-8,12,19H,2,9-11,13H2,1H3,(H,26,32)(H,30,31)(H,34,35)(H3,25,27,28,33). The van der Waals surface area contributed by atoms with Crippen LogP contribution in [0.2, 0.25) is 0 Å². The summed E-state index contributed by atoms with van der Waals surface area (Å²) in [6.07, 6.45) is 0.278. The first-order valence-electron chi connectivity index (χ1n) is 11.1. The number of rotatable bonds is 11. The molecule has 3 rings (SSSR count). The molecule has 1 heterocycles. The lowest BCUT2D eigenvalue weighted by Crippen LogP contribution is -2.41. The summed E-state index contributed by atoms with van der Waals surface area (Å²) in [5, 5.41) is 20.8. The molecule has 0 aliphatic rings. The number of H-pyrrole nitrogens is 1. The third-order valence-electron chi connectivity index (χ3n) is 5.40.